The van der Waals surface area contributed by atoms with Gasteiger partial charge in [-0.2, -0.15) is 18.2 Å². The van der Waals surface area contributed by atoms with Gasteiger partial charge in [-0.05, 0) is 25.1 Å². The summed E-state index contributed by atoms with van der Waals surface area (Å²) in [6.45, 7) is 1.95. The van der Waals surface area contributed by atoms with E-state index in [-0.39, 0.29) is 18.4 Å². The molecule has 118 valence electrons. The highest BCUT2D eigenvalue weighted by atomic mass is 35.5. The Morgan fingerprint density at radius 1 is 1.32 bits per heavy atom. The normalized spacial score (nSPS) is 11.4. The van der Waals surface area contributed by atoms with Gasteiger partial charge in [0.25, 0.3) is 0 Å². The highest BCUT2D eigenvalue weighted by Crippen LogP contribution is 2.37. The molecule has 1 aromatic heterocycles. The Morgan fingerprint density at radius 3 is 2.64 bits per heavy atom. The van der Waals surface area contributed by atoms with Crippen LogP contribution in [0.1, 0.15) is 12.5 Å². The number of hydrogen-bond acceptors (Lipinski definition) is 4. The number of benzene rings is 1. The number of alkyl halides is 3. The summed E-state index contributed by atoms with van der Waals surface area (Å²) in [4.78, 5) is 8.74. The van der Waals surface area contributed by atoms with Gasteiger partial charge in [-0.1, -0.05) is 17.7 Å². The highest BCUT2D eigenvalue weighted by Gasteiger charge is 2.36. The van der Waals surface area contributed by atoms with Crippen molar-refractivity contribution in [2.45, 2.75) is 13.1 Å². The lowest BCUT2D eigenvalue weighted by Gasteiger charge is -2.22. The summed E-state index contributed by atoms with van der Waals surface area (Å²) in [7, 11) is 1.47. The second-order valence-electron chi connectivity index (χ2n) is 4.36. The molecule has 0 atom stereocenters. The van der Waals surface area contributed by atoms with E-state index in [1.807, 2.05) is 0 Å². The second kappa shape index (κ2) is 6.39. The van der Waals surface area contributed by atoms with Crippen LogP contribution in [0.3, 0.4) is 0 Å². The standard InChI is InChI=1S/C14H13ClF3N3O/c1-3-22-13-19-8-11(14(16,17)18)12(20-13)21(2)10-6-4-5-9(15)7-10/h4-8H,3H2,1-2H3. The third kappa shape index (κ3) is 3.59. The molecular formula is C14H13ClF3N3O. The zero-order valence-corrected chi connectivity index (χ0v) is 12.6. The van der Waals surface area contributed by atoms with Crippen molar-refractivity contribution in [2.24, 2.45) is 0 Å². The van der Waals surface area contributed by atoms with Crippen molar-refractivity contribution in [1.29, 1.82) is 0 Å². The van der Waals surface area contributed by atoms with Gasteiger partial charge in [-0.25, -0.2) is 4.98 Å². The Balaban J connectivity index is 2.52. The number of ether oxygens (including phenoxy) is 1. The Bertz CT molecular complexity index is 664. The van der Waals surface area contributed by atoms with E-state index in [1.54, 1.807) is 31.2 Å². The molecule has 0 N–H and O–H groups in total. The lowest BCUT2D eigenvalue weighted by atomic mass is 10.2. The van der Waals surface area contributed by atoms with Crippen LogP contribution in [-0.2, 0) is 6.18 Å². The lowest BCUT2D eigenvalue weighted by molar-refractivity contribution is -0.137. The summed E-state index contributed by atoms with van der Waals surface area (Å²) in [6, 6.07) is 6.35. The van der Waals surface area contributed by atoms with Crippen LogP contribution < -0.4 is 9.64 Å². The summed E-state index contributed by atoms with van der Waals surface area (Å²) >= 11 is 5.88. The third-order valence-electron chi connectivity index (χ3n) is 2.84. The molecule has 8 heteroatoms. The molecule has 0 radical (unpaired) electrons. The summed E-state index contributed by atoms with van der Waals surface area (Å²) in [6.07, 6.45) is -3.86. The van der Waals surface area contributed by atoms with Crippen LogP contribution >= 0.6 is 11.6 Å². The van der Waals surface area contributed by atoms with Crippen LogP contribution in [0.2, 0.25) is 5.02 Å². The van der Waals surface area contributed by atoms with E-state index in [9.17, 15) is 13.2 Å². The zero-order valence-electron chi connectivity index (χ0n) is 11.9. The van der Waals surface area contributed by atoms with E-state index in [0.29, 0.717) is 16.9 Å². The number of rotatable bonds is 4. The molecule has 1 heterocycles. The Labute approximate surface area is 130 Å². The van der Waals surface area contributed by atoms with Crippen LogP contribution in [-0.4, -0.2) is 23.6 Å². The van der Waals surface area contributed by atoms with Crippen molar-refractivity contribution < 1.29 is 17.9 Å². The van der Waals surface area contributed by atoms with Gasteiger partial charge in [0, 0.05) is 24.0 Å². The molecule has 0 fully saturated rings. The summed E-state index contributed by atoms with van der Waals surface area (Å²) in [5.41, 5.74) is -0.474. The van der Waals surface area contributed by atoms with E-state index >= 15 is 0 Å². The van der Waals surface area contributed by atoms with Crippen molar-refractivity contribution in [3.63, 3.8) is 0 Å². The first-order valence-electron chi connectivity index (χ1n) is 6.39. The number of hydrogen-bond donors (Lipinski definition) is 0. The molecule has 22 heavy (non-hydrogen) atoms. The minimum absolute atomic E-state index is 0.112. The van der Waals surface area contributed by atoms with Crippen molar-refractivity contribution in [1.82, 2.24) is 9.97 Å². The summed E-state index contributed by atoms with van der Waals surface area (Å²) in [5.74, 6) is -0.298. The molecule has 0 spiro atoms. The van der Waals surface area contributed by atoms with E-state index in [4.69, 9.17) is 16.3 Å². The summed E-state index contributed by atoms with van der Waals surface area (Å²) < 4.78 is 44.5. The molecular weight excluding hydrogens is 319 g/mol. The quantitative estimate of drug-likeness (QED) is 0.836. The Hall–Kier alpha value is -2.02. The van der Waals surface area contributed by atoms with Gasteiger partial charge in [-0.15, -0.1) is 0 Å². The molecule has 0 aliphatic carbocycles. The van der Waals surface area contributed by atoms with Crippen molar-refractivity contribution in [3.8, 4) is 6.01 Å². The van der Waals surface area contributed by atoms with E-state index < -0.39 is 11.7 Å². The average molecular weight is 332 g/mol. The Morgan fingerprint density at radius 2 is 2.05 bits per heavy atom. The van der Waals surface area contributed by atoms with Gasteiger partial charge in [0.15, 0.2) is 5.82 Å². The van der Waals surface area contributed by atoms with Crippen LogP contribution in [0.25, 0.3) is 0 Å². The fourth-order valence-electron chi connectivity index (χ4n) is 1.82. The van der Waals surface area contributed by atoms with Crippen LogP contribution in [0.5, 0.6) is 6.01 Å². The van der Waals surface area contributed by atoms with E-state index in [1.165, 1.54) is 11.9 Å². The van der Waals surface area contributed by atoms with Gasteiger partial charge in [0.05, 0.1) is 6.61 Å². The third-order valence-corrected chi connectivity index (χ3v) is 3.07. The molecule has 0 bridgehead atoms. The van der Waals surface area contributed by atoms with Gasteiger partial charge in [-0.3, -0.25) is 0 Å². The second-order valence-corrected chi connectivity index (χ2v) is 4.80. The zero-order chi connectivity index (χ0) is 16.3. The van der Waals surface area contributed by atoms with Crippen molar-refractivity contribution in [3.05, 3.63) is 41.0 Å². The minimum atomic E-state index is -4.58. The van der Waals surface area contributed by atoms with Crippen LogP contribution in [0, 0.1) is 0 Å². The van der Waals surface area contributed by atoms with Gasteiger partial charge >= 0.3 is 12.2 Å². The Kier molecular flexibility index (Phi) is 4.75. The first-order valence-corrected chi connectivity index (χ1v) is 6.77. The lowest BCUT2D eigenvalue weighted by Crippen LogP contribution is -2.19. The monoisotopic (exact) mass is 331 g/mol. The fraction of sp³-hybridized carbons (Fsp3) is 0.286. The minimum Gasteiger partial charge on any atom is -0.464 e. The van der Waals surface area contributed by atoms with Crippen LogP contribution in [0.15, 0.2) is 30.5 Å². The molecule has 0 amide bonds. The predicted octanol–water partition coefficient (Wildman–Crippen LogP) is 4.32. The van der Waals surface area contributed by atoms with Gasteiger partial charge in [0.2, 0.25) is 0 Å². The molecule has 0 aliphatic rings. The smallest absolute Gasteiger partial charge is 0.421 e. The maximum atomic E-state index is 13.1. The molecule has 2 rings (SSSR count). The first-order chi connectivity index (χ1) is 10.3. The molecule has 4 nitrogen and oxygen atoms in total. The van der Waals surface area contributed by atoms with E-state index in [0.717, 1.165) is 0 Å². The first kappa shape index (κ1) is 16.4. The summed E-state index contributed by atoms with van der Waals surface area (Å²) in [5, 5.41) is 0.414. The number of halogens is 4. The topological polar surface area (TPSA) is 38.2 Å². The van der Waals surface area contributed by atoms with E-state index in [2.05, 4.69) is 9.97 Å². The fourth-order valence-corrected chi connectivity index (χ4v) is 2.00. The van der Waals surface area contributed by atoms with Crippen LogP contribution in [0.4, 0.5) is 24.7 Å². The van der Waals surface area contributed by atoms with Crippen molar-refractivity contribution in [2.75, 3.05) is 18.6 Å². The maximum absolute atomic E-state index is 13.1. The SMILES string of the molecule is CCOc1ncc(C(F)(F)F)c(N(C)c2cccc(Cl)c2)n1. The molecule has 0 saturated carbocycles. The molecule has 0 saturated heterocycles. The van der Waals surface area contributed by atoms with Gasteiger partial charge < -0.3 is 9.64 Å². The predicted molar refractivity (Wildman–Crippen MR) is 77.7 cm³/mol. The average Bonchev–Trinajstić information content (AvgIpc) is 2.45. The maximum Gasteiger partial charge on any atom is 0.421 e. The number of nitrogens with zero attached hydrogens (tertiary/aromatic N) is 3. The molecule has 0 aliphatic heterocycles. The number of anilines is 2. The van der Waals surface area contributed by atoms with Crippen molar-refractivity contribution >= 4 is 23.1 Å². The van der Waals surface area contributed by atoms with Gasteiger partial charge in [0.1, 0.15) is 5.56 Å². The highest BCUT2D eigenvalue weighted by molar-refractivity contribution is 6.30. The molecule has 2 aromatic rings. The largest absolute Gasteiger partial charge is 0.464 e. The molecule has 1 aromatic carbocycles. The number of aromatic nitrogens is 2. The molecule has 0 unspecified atom stereocenters.